The smallest absolute Gasteiger partial charge is 0.234 e. The van der Waals surface area contributed by atoms with Crippen LogP contribution in [0, 0.1) is 5.82 Å². The summed E-state index contributed by atoms with van der Waals surface area (Å²) in [7, 11) is 1.78. The number of nitrogens with one attached hydrogen (secondary N) is 1. The highest BCUT2D eigenvalue weighted by Crippen LogP contribution is 2.06. The van der Waals surface area contributed by atoms with Gasteiger partial charge in [-0.1, -0.05) is 0 Å². The number of halogens is 1. The number of Topliss-reactive ketones (excluding diaryl/α,β-unsaturated/α-hetero) is 1. The first-order valence-electron chi connectivity index (χ1n) is 6.27. The van der Waals surface area contributed by atoms with Gasteiger partial charge in [0.2, 0.25) is 5.91 Å². The van der Waals surface area contributed by atoms with Crippen molar-refractivity contribution in [1.29, 1.82) is 0 Å². The molecule has 0 saturated carbocycles. The van der Waals surface area contributed by atoms with E-state index in [1.54, 1.807) is 11.9 Å². The third-order valence-corrected chi connectivity index (χ3v) is 2.67. The molecule has 0 atom stereocenters. The van der Waals surface area contributed by atoms with Gasteiger partial charge in [0.1, 0.15) is 5.82 Å². The topological polar surface area (TPSA) is 49.4 Å². The van der Waals surface area contributed by atoms with Crippen LogP contribution in [0.25, 0.3) is 0 Å². The normalized spacial score (nSPS) is 10.5. The van der Waals surface area contributed by atoms with Crippen LogP contribution in [0.5, 0.6) is 0 Å². The van der Waals surface area contributed by atoms with Crippen molar-refractivity contribution in [3.05, 3.63) is 35.6 Å². The van der Waals surface area contributed by atoms with Gasteiger partial charge in [-0.15, -0.1) is 0 Å². The Balaban J connectivity index is 2.37. The zero-order valence-electron chi connectivity index (χ0n) is 11.3. The Morgan fingerprint density at radius 3 is 2.47 bits per heavy atom. The molecule has 5 heteroatoms. The van der Waals surface area contributed by atoms with Gasteiger partial charge in [-0.2, -0.15) is 0 Å². The quantitative estimate of drug-likeness (QED) is 0.760. The number of carbonyl (C=O) groups is 2. The second-order valence-electron chi connectivity index (χ2n) is 4.37. The van der Waals surface area contributed by atoms with Gasteiger partial charge >= 0.3 is 0 Å². The van der Waals surface area contributed by atoms with E-state index in [0.29, 0.717) is 25.1 Å². The van der Waals surface area contributed by atoms with Crippen molar-refractivity contribution in [3.8, 4) is 0 Å². The Hall–Kier alpha value is -1.75. The lowest BCUT2D eigenvalue weighted by atomic mass is 10.1. The van der Waals surface area contributed by atoms with Crippen molar-refractivity contribution in [2.24, 2.45) is 0 Å². The van der Waals surface area contributed by atoms with Crippen LogP contribution >= 0.6 is 0 Å². The zero-order chi connectivity index (χ0) is 14.3. The summed E-state index contributed by atoms with van der Waals surface area (Å²) in [5.74, 6) is -0.466. The second kappa shape index (κ2) is 7.63. The van der Waals surface area contributed by atoms with Crippen LogP contribution in [0.4, 0.5) is 4.39 Å². The molecule has 104 valence electrons. The molecule has 0 aliphatic rings. The molecule has 1 amide bonds. The van der Waals surface area contributed by atoms with E-state index >= 15 is 0 Å². The maximum atomic E-state index is 12.7. The summed E-state index contributed by atoms with van der Waals surface area (Å²) < 4.78 is 12.7. The highest BCUT2D eigenvalue weighted by molar-refractivity contribution is 5.96. The molecule has 0 heterocycles. The number of hydrogen-bond donors (Lipinski definition) is 1. The van der Waals surface area contributed by atoms with Crippen LogP contribution in [-0.2, 0) is 4.79 Å². The van der Waals surface area contributed by atoms with E-state index in [-0.39, 0.29) is 24.1 Å². The van der Waals surface area contributed by atoms with Crippen molar-refractivity contribution in [1.82, 2.24) is 10.2 Å². The van der Waals surface area contributed by atoms with Crippen molar-refractivity contribution < 1.29 is 14.0 Å². The Kier molecular flexibility index (Phi) is 6.15. The number of rotatable bonds is 7. The first-order chi connectivity index (χ1) is 9.02. The summed E-state index contributed by atoms with van der Waals surface area (Å²) in [5, 5.41) is 2.69. The Morgan fingerprint density at radius 1 is 1.26 bits per heavy atom. The third-order valence-electron chi connectivity index (χ3n) is 2.67. The average Bonchev–Trinajstić information content (AvgIpc) is 2.37. The Morgan fingerprint density at radius 2 is 1.89 bits per heavy atom. The lowest BCUT2D eigenvalue weighted by Crippen LogP contribution is -2.35. The SMILES string of the molecule is CCNC(=O)CN(C)CCC(=O)c1ccc(F)cc1. The third kappa shape index (κ3) is 5.61. The molecule has 0 aliphatic carbocycles. The fourth-order valence-corrected chi connectivity index (χ4v) is 1.65. The number of benzene rings is 1. The van der Waals surface area contributed by atoms with Crippen LogP contribution in [0.2, 0.25) is 0 Å². The number of hydrogen-bond acceptors (Lipinski definition) is 3. The van der Waals surface area contributed by atoms with Gasteiger partial charge in [-0.3, -0.25) is 14.5 Å². The van der Waals surface area contributed by atoms with Crippen molar-refractivity contribution in [2.45, 2.75) is 13.3 Å². The molecule has 1 aromatic rings. The summed E-state index contributed by atoms with van der Waals surface area (Å²) >= 11 is 0. The highest BCUT2D eigenvalue weighted by atomic mass is 19.1. The van der Waals surface area contributed by atoms with Gasteiger partial charge in [0.15, 0.2) is 5.78 Å². The van der Waals surface area contributed by atoms with Gasteiger partial charge in [0.25, 0.3) is 0 Å². The maximum absolute atomic E-state index is 12.7. The van der Waals surface area contributed by atoms with Crippen LogP contribution in [-0.4, -0.2) is 43.3 Å². The fourth-order valence-electron chi connectivity index (χ4n) is 1.65. The Labute approximate surface area is 112 Å². The number of likely N-dealkylation sites (N-methyl/N-ethyl adjacent to an activating group) is 2. The van der Waals surface area contributed by atoms with E-state index in [2.05, 4.69) is 5.32 Å². The highest BCUT2D eigenvalue weighted by Gasteiger charge is 2.09. The molecule has 0 aromatic heterocycles. The number of ketones is 1. The summed E-state index contributed by atoms with van der Waals surface area (Å²) in [6.45, 7) is 3.22. The molecule has 4 nitrogen and oxygen atoms in total. The minimum absolute atomic E-state index is 0.0530. The molecule has 0 unspecified atom stereocenters. The first kappa shape index (κ1) is 15.3. The zero-order valence-corrected chi connectivity index (χ0v) is 11.3. The summed E-state index contributed by atoms with van der Waals surface area (Å²) in [6, 6.07) is 5.49. The van der Waals surface area contributed by atoms with Gasteiger partial charge in [-0.25, -0.2) is 4.39 Å². The molecule has 0 bridgehead atoms. The van der Waals surface area contributed by atoms with Gasteiger partial charge in [0.05, 0.1) is 6.54 Å². The molecule has 0 fully saturated rings. The van der Waals surface area contributed by atoms with E-state index in [4.69, 9.17) is 0 Å². The molecule has 1 N–H and O–H groups in total. The largest absolute Gasteiger partial charge is 0.355 e. The first-order valence-corrected chi connectivity index (χ1v) is 6.27. The van der Waals surface area contributed by atoms with Crippen LogP contribution in [0.15, 0.2) is 24.3 Å². The summed E-state index contributed by atoms with van der Waals surface area (Å²) in [4.78, 5) is 24.9. The molecule has 19 heavy (non-hydrogen) atoms. The van der Waals surface area contributed by atoms with E-state index in [0.717, 1.165) is 0 Å². The molecule has 1 rings (SSSR count). The van der Waals surface area contributed by atoms with Crippen LogP contribution < -0.4 is 5.32 Å². The lowest BCUT2D eigenvalue weighted by molar-refractivity contribution is -0.121. The molecule has 0 spiro atoms. The minimum atomic E-state index is -0.357. The van der Waals surface area contributed by atoms with Gasteiger partial charge in [0, 0.05) is 25.1 Å². The average molecular weight is 266 g/mol. The molecular weight excluding hydrogens is 247 g/mol. The van der Waals surface area contributed by atoms with E-state index < -0.39 is 0 Å². The van der Waals surface area contributed by atoms with E-state index in [1.807, 2.05) is 6.92 Å². The molecule has 0 radical (unpaired) electrons. The maximum Gasteiger partial charge on any atom is 0.234 e. The van der Waals surface area contributed by atoms with Crippen LogP contribution in [0.3, 0.4) is 0 Å². The molecular formula is C14H19FN2O2. The monoisotopic (exact) mass is 266 g/mol. The predicted octanol–water partition coefficient (Wildman–Crippen LogP) is 1.47. The van der Waals surface area contributed by atoms with E-state index in [1.165, 1.54) is 24.3 Å². The summed E-state index contributed by atoms with van der Waals surface area (Å²) in [5.41, 5.74) is 0.493. The standard InChI is InChI=1S/C14H19FN2O2/c1-3-16-14(19)10-17(2)9-8-13(18)11-4-6-12(15)7-5-11/h4-7H,3,8-10H2,1-2H3,(H,16,19). The van der Waals surface area contributed by atoms with Gasteiger partial charge < -0.3 is 5.32 Å². The second-order valence-corrected chi connectivity index (χ2v) is 4.37. The number of carbonyl (C=O) groups excluding carboxylic acids is 2. The Bertz CT molecular complexity index is 432. The lowest BCUT2D eigenvalue weighted by Gasteiger charge is -2.15. The molecule has 1 aromatic carbocycles. The van der Waals surface area contributed by atoms with Gasteiger partial charge in [-0.05, 0) is 38.2 Å². The van der Waals surface area contributed by atoms with E-state index in [9.17, 15) is 14.0 Å². The minimum Gasteiger partial charge on any atom is -0.355 e. The van der Waals surface area contributed by atoms with Crippen molar-refractivity contribution in [2.75, 3.05) is 26.7 Å². The van der Waals surface area contributed by atoms with Crippen LogP contribution in [0.1, 0.15) is 23.7 Å². The number of amides is 1. The molecule has 0 aliphatic heterocycles. The van der Waals surface area contributed by atoms with Crippen molar-refractivity contribution in [3.63, 3.8) is 0 Å². The predicted molar refractivity (Wildman–Crippen MR) is 71.5 cm³/mol. The fraction of sp³-hybridized carbons (Fsp3) is 0.429. The molecule has 0 saturated heterocycles. The van der Waals surface area contributed by atoms with Crippen molar-refractivity contribution >= 4 is 11.7 Å². The number of nitrogens with zero attached hydrogens (tertiary/aromatic N) is 1. The summed E-state index contributed by atoms with van der Waals surface area (Å²) in [6.07, 6.45) is 0.307.